The average molecular weight is 375 g/mol. The molecule has 10 heteroatoms. The summed E-state index contributed by atoms with van der Waals surface area (Å²) in [4.78, 5) is 48.0. The lowest BCUT2D eigenvalue weighted by atomic mass is 10.1. The van der Waals surface area contributed by atoms with Crippen LogP contribution in [-0.2, 0) is 19.2 Å². The summed E-state index contributed by atoms with van der Waals surface area (Å²) >= 11 is 1.50. The molecule has 0 unspecified atom stereocenters. The fourth-order valence-corrected chi connectivity index (χ4v) is 3.14. The number of carboxylic acid groups (broad SMARTS) is 2. The van der Waals surface area contributed by atoms with Crippen molar-refractivity contribution in [1.82, 2.24) is 10.2 Å². The summed E-state index contributed by atoms with van der Waals surface area (Å²) in [6, 6.07) is -2.77. The molecule has 0 aliphatic carbocycles. The van der Waals surface area contributed by atoms with Crippen molar-refractivity contribution in [2.75, 3.05) is 18.6 Å². The predicted octanol–water partition coefficient (Wildman–Crippen LogP) is -0.508. The summed E-state index contributed by atoms with van der Waals surface area (Å²) in [5.41, 5.74) is 5.67. The number of likely N-dealkylation sites (tertiary alicyclic amines) is 1. The minimum absolute atomic E-state index is 0.0356. The molecule has 0 spiro atoms. The molecule has 0 aromatic rings. The quantitative estimate of drug-likeness (QED) is 0.399. The SMILES string of the molecule is CSCC[C@H](NC(=O)[C@@H](N)CCC(=O)O)C(=O)N1CCC[C@H]1C(=O)O. The fourth-order valence-electron chi connectivity index (χ4n) is 2.67. The second-order valence-electron chi connectivity index (χ2n) is 5.91. The summed E-state index contributed by atoms with van der Waals surface area (Å²) in [6.07, 6.45) is 2.92. The zero-order valence-corrected chi connectivity index (χ0v) is 15.0. The van der Waals surface area contributed by atoms with E-state index in [0.29, 0.717) is 31.6 Å². The Kier molecular flexibility index (Phi) is 8.70. The molecule has 0 radical (unpaired) electrons. The van der Waals surface area contributed by atoms with Crippen molar-refractivity contribution in [3.05, 3.63) is 0 Å². The summed E-state index contributed by atoms with van der Waals surface area (Å²) in [7, 11) is 0. The first kappa shape index (κ1) is 21.2. The van der Waals surface area contributed by atoms with Gasteiger partial charge in [-0.3, -0.25) is 14.4 Å². The highest BCUT2D eigenvalue weighted by Crippen LogP contribution is 2.19. The largest absolute Gasteiger partial charge is 0.481 e. The van der Waals surface area contributed by atoms with E-state index in [1.807, 2.05) is 6.26 Å². The third kappa shape index (κ3) is 6.54. The maximum absolute atomic E-state index is 12.7. The lowest BCUT2D eigenvalue weighted by Crippen LogP contribution is -2.54. The highest BCUT2D eigenvalue weighted by atomic mass is 32.2. The summed E-state index contributed by atoms with van der Waals surface area (Å²) < 4.78 is 0. The molecular weight excluding hydrogens is 350 g/mol. The molecule has 2 amide bonds. The molecule has 0 aromatic heterocycles. The van der Waals surface area contributed by atoms with Crippen LogP contribution in [0.1, 0.15) is 32.1 Å². The van der Waals surface area contributed by atoms with Gasteiger partial charge in [0.15, 0.2) is 0 Å². The summed E-state index contributed by atoms with van der Waals surface area (Å²) in [5, 5.41) is 20.4. The second kappa shape index (κ2) is 10.2. The van der Waals surface area contributed by atoms with Gasteiger partial charge in [-0.05, 0) is 37.7 Å². The molecule has 3 atom stereocenters. The smallest absolute Gasteiger partial charge is 0.326 e. The zero-order valence-electron chi connectivity index (χ0n) is 14.1. The van der Waals surface area contributed by atoms with Crippen LogP contribution in [0.4, 0.5) is 0 Å². The first-order valence-electron chi connectivity index (χ1n) is 8.07. The lowest BCUT2D eigenvalue weighted by molar-refractivity contribution is -0.149. The molecule has 1 fully saturated rings. The average Bonchev–Trinajstić information content (AvgIpc) is 3.05. The maximum Gasteiger partial charge on any atom is 0.326 e. The Morgan fingerprint density at radius 1 is 1.28 bits per heavy atom. The van der Waals surface area contributed by atoms with E-state index in [-0.39, 0.29) is 12.8 Å². The van der Waals surface area contributed by atoms with Gasteiger partial charge in [0, 0.05) is 13.0 Å². The third-order valence-corrected chi connectivity index (χ3v) is 4.70. The number of nitrogens with zero attached hydrogens (tertiary/aromatic N) is 1. The molecule has 0 aromatic carbocycles. The molecule has 142 valence electrons. The number of hydrogen-bond donors (Lipinski definition) is 4. The topological polar surface area (TPSA) is 150 Å². The van der Waals surface area contributed by atoms with Crippen molar-refractivity contribution in [3.63, 3.8) is 0 Å². The van der Waals surface area contributed by atoms with Gasteiger partial charge in [-0.1, -0.05) is 0 Å². The molecule has 0 saturated carbocycles. The van der Waals surface area contributed by atoms with Gasteiger partial charge in [0.1, 0.15) is 12.1 Å². The Morgan fingerprint density at radius 2 is 1.96 bits per heavy atom. The number of aliphatic carboxylic acids is 2. The van der Waals surface area contributed by atoms with E-state index < -0.39 is 41.9 Å². The van der Waals surface area contributed by atoms with Gasteiger partial charge in [0.25, 0.3) is 0 Å². The van der Waals surface area contributed by atoms with Crippen molar-refractivity contribution in [2.24, 2.45) is 5.73 Å². The molecule has 5 N–H and O–H groups in total. The van der Waals surface area contributed by atoms with Gasteiger partial charge in [0.05, 0.1) is 6.04 Å². The molecular formula is C15H25N3O6S. The molecule has 9 nitrogen and oxygen atoms in total. The first-order chi connectivity index (χ1) is 11.8. The fraction of sp³-hybridized carbons (Fsp3) is 0.733. The van der Waals surface area contributed by atoms with E-state index in [1.54, 1.807) is 0 Å². The van der Waals surface area contributed by atoms with E-state index in [1.165, 1.54) is 16.7 Å². The van der Waals surface area contributed by atoms with Crippen LogP contribution < -0.4 is 11.1 Å². The van der Waals surface area contributed by atoms with Gasteiger partial charge in [0.2, 0.25) is 11.8 Å². The number of carbonyl (C=O) groups excluding carboxylic acids is 2. The van der Waals surface area contributed by atoms with Crippen LogP contribution in [0.15, 0.2) is 0 Å². The maximum atomic E-state index is 12.7. The molecule has 1 saturated heterocycles. The molecule has 1 rings (SSSR count). The minimum atomic E-state index is -1.06. The van der Waals surface area contributed by atoms with E-state index in [2.05, 4.69) is 5.32 Å². The lowest BCUT2D eigenvalue weighted by Gasteiger charge is -2.28. The van der Waals surface area contributed by atoms with Gasteiger partial charge in [-0.2, -0.15) is 11.8 Å². The number of hydrogen-bond acceptors (Lipinski definition) is 6. The Labute approximate surface area is 150 Å². The van der Waals surface area contributed by atoms with Crippen LogP contribution in [0.3, 0.4) is 0 Å². The molecule has 0 bridgehead atoms. The van der Waals surface area contributed by atoms with Crippen molar-refractivity contribution in [2.45, 2.75) is 50.2 Å². The molecule has 1 aliphatic rings. The Morgan fingerprint density at radius 3 is 2.52 bits per heavy atom. The van der Waals surface area contributed by atoms with Crippen LogP contribution in [-0.4, -0.2) is 75.5 Å². The first-order valence-corrected chi connectivity index (χ1v) is 9.47. The van der Waals surface area contributed by atoms with Gasteiger partial charge >= 0.3 is 11.9 Å². The number of nitrogens with two attached hydrogens (primary N) is 1. The number of nitrogens with one attached hydrogen (secondary N) is 1. The second-order valence-corrected chi connectivity index (χ2v) is 6.90. The van der Waals surface area contributed by atoms with Crippen LogP contribution in [0.2, 0.25) is 0 Å². The van der Waals surface area contributed by atoms with Crippen LogP contribution >= 0.6 is 11.8 Å². The number of amides is 2. The van der Waals surface area contributed by atoms with Gasteiger partial charge < -0.3 is 26.2 Å². The van der Waals surface area contributed by atoms with Crippen molar-refractivity contribution >= 4 is 35.5 Å². The Hall–Kier alpha value is -1.81. The normalized spacial score (nSPS) is 19.3. The number of rotatable bonds is 10. The van der Waals surface area contributed by atoms with E-state index in [4.69, 9.17) is 10.8 Å². The number of thioether (sulfide) groups is 1. The van der Waals surface area contributed by atoms with Gasteiger partial charge in [-0.15, -0.1) is 0 Å². The molecule has 25 heavy (non-hydrogen) atoms. The van der Waals surface area contributed by atoms with E-state index >= 15 is 0 Å². The van der Waals surface area contributed by atoms with Crippen molar-refractivity contribution < 1.29 is 29.4 Å². The zero-order chi connectivity index (χ0) is 19.0. The van der Waals surface area contributed by atoms with E-state index in [9.17, 15) is 24.3 Å². The highest BCUT2D eigenvalue weighted by molar-refractivity contribution is 7.98. The Bertz CT molecular complexity index is 515. The number of carboxylic acids is 2. The third-order valence-electron chi connectivity index (χ3n) is 4.05. The minimum Gasteiger partial charge on any atom is -0.481 e. The predicted molar refractivity (Wildman–Crippen MR) is 92.1 cm³/mol. The van der Waals surface area contributed by atoms with Crippen molar-refractivity contribution in [3.8, 4) is 0 Å². The molecule has 1 aliphatic heterocycles. The monoisotopic (exact) mass is 375 g/mol. The Balaban J connectivity index is 2.75. The van der Waals surface area contributed by atoms with Crippen LogP contribution in [0.25, 0.3) is 0 Å². The highest BCUT2D eigenvalue weighted by Gasteiger charge is 2.37. The summed E-state index contributed by atoms with van der Waals surface area (Å²) in [5.74, 6) is -2.55. The van der Waals surface area contributed by atoms with Crippen LogP contribution in [0.5, 0.6) is 0 Å². The molecule has 1 heterocycles. The van der Waals surface area contributed by atoms with Crippen molar-refractivity contribution in [1.29, 1.82) is 0 Å². The summed E-state index contributed by atoms with van der Waals surface area (Å²) in [6.45, 7) is 0.340. The number of carbonyl (C=O) groups is 4. The van der Waals surface area contributed by atoms with Crippen LogP contribution in [0, 0.1) is 0 Å². The van der Waals surface area contributed by atoms with E-state index in [0.717, 1.165) is 0 Å². The standard InChI is InChI=1S/C15H25N3O6S/c1-25-8-6-10(17-13(21)9(16)4-5-12(19)20)14(22)18-7-2-3-11(18)15(23)24/h9-11H,2-8,16H2,1H3,(H,17,21)(H,19,20)(H,23,24)/t9-,10-,11-/m0/s1. The van der Waals surface area contributed by atoms with Gasteiger partial charge in [-0.25, -0.2) is 4.79 Å².